The Bertz CT molecular complexity index is 707. The van der Waals surface area contributed by atoms with Crippen LogP contribution in [0.4, 0.5) is 23.7 Å². The molecule has 0 unspecified atom stereocenters. The van der Waals surface area contributed by atoms with E-state index >= 15 is 0 Å². The number of halogens is 3. The second-order valence-electron chi connectivity index (χ2n) is 7.44. The summed E-state index contributed by atoms with van der Waals surface area (Å²) < 4.78 is 37.9. The molecule has 2 saturated heterocycles. The lowest BCUT2D eigenvalue weighted by atomic mass is 9.83. The number of nitrogens with zero attached hydrogens (tertiary/aromatic N) is 2. The summed E-state index contributed by atoms with van der Waals surface area (Å²) in [7, 11) is 0. The van der Waals surface area contributed by atoms with Gasteiger partial charge in [-0.2, -0.15) is 13.2 Å². The summed E-state index contributed by atoms with van der Waals surface area (Å²) in [5.41, 5.74) is 4.54. The molecule has 28 heavy (non-hydrogen) atoms. The molecule has 0 spiro atoms. The van der Waals surface area contributed by atoms with E-state index < -0.39 is 23.3 Å². The number of likely N-dealkylation sites (tertiary alicyclic amines) is 2. The number of hydrogen-bond donors (Lipinski definition) is 2. The summed E-state index contributed by atoms with van der Waals surface area (Å²) in [5, 5.41) is 2.62. The van der Waals surface area contributed by atoms with Crippen LogP contribution >= 0.6 is 0 Å². The molecule has 0 aromatic heterocycles. The smallest absolute Gasteiger partial charge is 0.368 e. The predicted octanol–water partition coefficient (Wildman–Crippen LogP) is 3.04. The van der Waals surface area contributed by atoms with Gasteiger partial charge in [-0.15, -0.1) is 0 Å². The van der Waals surface area contributed by atoms with Crippen LogP contribution in [-0.2, 0) is 11.0 Å². The number of carbonyl (C=O) groups excluding carboxylic acids is 2. The predicted molar refractivity (Wildman–Crippen MR) is 98.6 cm³/mol. The molecule has 0 aliphatic carbocycles. The Labute approximate surface area is 161 Å². The third-order valence-electron chi connectivity index (χ3n) is 5.76. The largest absolute Gasteiger partial charge is 0.416 e. The molecule has 0 saturated carbocycles. The highest BCUT2D eigenvalue weighted by Crippen LogP contribution is 2.32. The van der Waals surface area contributed by atoms with Crippen LogP contribution < -0.4 is 11.1 Å². The third kappa shape index (κ3) is 4.24. The molecule has 0 radical (unpaired) electrons. The van der Waals surface area contributed by atoms with Crippen molar-refractivity contribution in [1.29, 1.82) is 0 Å². The number of piperidine rings is 2. The minimum atomic E-state index is -4.41. The Balaban J connectivity index is 1.60. The zero-order valence-corrected chi connectivity index (χ0v) is 15.6. The first-order valence-corrected chi connectivity index (χ1v) is 9.50. The van der Waals surface area contributed by atoms with Crippen molar-refractivity contribution in [1.82, 2.24) is 9.80 Å². The number of benzene rings is 1. The molecular weight excluding hydrogens is 373 g/mol. The number of rotatable bonds is 3. The van der Waals surface area contributed by atoms with Crippen LogP contribution in [-0.4, -0.2) is 53.5 Å². The van der Waals surface area contributed by atoms with E-state index in [4.69, 9.17) is 5.73 Å². The first-order valence-electron chi connectivity index (χ1n) is 9.50. The summed E-state index contributed by atoms with van der Waals surface area (Å²) in [6.45, 7) is 2.40. The van der Waals surface area contributed by atoms with Crippen molar-refractivity contribution in [2.45, 2.75) is 43.8 Å². The molecule has 0 atom stereocenters. The van der Waals surface area contributed by atoms with Crippen LogP contribution in [0.2, 0.25) is 0 Å². The maximum atomic E-state index is 12.6. The first kappa shape index (κ1) is 20.4. The topological polar surface area (TPSA) is 78.7 Å². The standard InChI is InChI=1S/C19H25F3N4O2/c20-19(21,22)14-4-6-15(7-5-14)24-17(28)25-12-8-18(9-13-25,16(23)27)26-10-2-1-3-11-26/h4-7H,1-3,8-13H2,(H2,23,27)(H,24,28). The number of alkyl halides is 3. The first-order chi connectivity index (χ1) is 13.2. The average molecular weight is 398 g/mol. The van der Waals surface area contributed by atoms with Gasteiger partial charge in [-0.25, -0.2) is 4.79 Å². The second-order valence-corrected chi connectivity index (χ2v) is 7.44. The molecule has 2 heterocycles. The summed E-state index contributed by atoms with van der Waals surface area (Å²) in [6.07, 6.45) is -0.277. The lowest BCUT2D eigenvalue weighted by molar-refractivity contribution is -0.137. The van der Waals surface area contributed by atoms with E-state index in [1.807, 2.05) is 0 Å². The van der Waals surface area contributed by atoms with Crippen molar-refractivity contribution in [2.75, 3.05) is 31.5 Å². The number of primary amides is 1. The molecule has 2 fully saturated rings. The molecule has 3 amide bonds. The molecule has 0 bridgehead atoms. The molecule has 2 aliphatic heterocycles. The molecule has 6 nitrogen and oxygen atoms in total. The van der Waals surface area contributed by atoms with Crippen molar-refractivity contribution >= 4 is 17.6 Å². The number of amides is 3. The van der Waals surface area contributed by atoms with Gasteiger partial charge in [-0.3, -0.25) is 9.69 Å². The Kier molecular flexibility index (Phi) is 5.83. The van der Waals surface area contributed by atoms with Crippen LogP contribution in [0.15, 0.2) is 24.3 Å². The minimum absolute atomic E-state index is 0.292. The van der Waals surface area contributed by atoms with Gasteiger partial charge in [0.05, 0.1) is 5.56 Å². The normalized spacial score (nSPS) is 20.6. The Morgan fingerprint density at radius 1 is 0.964 bits per heavy atom. The van der Waals surface area contributed by atoms with Crippen LogP contribution in [0, 0.1) is 0 Å². The fraction of sp³-hybridized carbons (Fsp3) is 0.579. The van der Waals surface area contributed by atoms with Gasteiger partial charge in [0.15, 0.2) is 0 Å². The van der Waals surface area contributed by atoms with Crippen molar-refractivity contribution in [2.24, 2.45) is 5.73 Å². The lowest BCUT2D eigenvalue weighted by Crippen LogP contribution is -2.64. The van der Waals surface area contributed by atoms with E-state index in [1.165, 1.54) is 12.1 Å². The SMILES string of the molecule is NC(=O)C1(N2CCCCC2)CCN(C(=O)Nc2ccc(C(F)(F)F)cc2)CC1. The van der Waals surface area contributed by atoms with Crippen molar-refractivity contribution < 1.29 is 22.8 Å². The van der Waals surface area contributed by atoms with Gasteiger partial charge in [0.25, 0.3) is 0 Å². The number of nitrogens with two attached hydrogens (primary N) is 1. The molecule has 2 aliphatic rings. The van der Waals surface area contributed by atoms with Gasteiger partial charge >= 0.3 is 12.2 Å². The molecule has 154 valence electrons. The highest BCUT2D eigenvalue weighted by atomic mass is 19.4. The number of carbonyl (C=O) groups is 2. The van der Waals surface area contributed by atoms with Crippen molar-refractivity contribution in [3.63, 3.8) is 0 Å². The van der Waals surface area contributed by atoms with Gasteiger partial charge in [0.1, 0.15) is 5.54 Å². The van der Waals surface area contributed by atoms with Crippen LogP contribution in [0.1, 0.15) is 37.7 Å². The zero-order chi connectivity index (χ0) is 20.4. The van der Waals surface area contributed by atoms with Gasteiger partial charge in [-0.05, 0) is 63.0 Å². The molecule has 3 N–H and O–H groups in total. The fourth-order valence-electron chi connectivity index (χ4n) is 4.07. The maximum absolute atomic E-state index is 12.6. The quantitative estimate of drug-likeness (QED) is 0.822. The highest BCUT2D eigenvalue weighted by Gasteiger charge is 2.45. The summed E-state index contributed by atoms with van der Waals surface area (Å²) in [5.74, 6) is -0.350. The van der Waals surface area contributed by atoms with E-state index in [9.17, 15) is 22.8 Å². The van der Waals surface area contributed by atoms with E-state index in [1.54, 1.807) is 4.90 Å². The Morgan fingerprint density at radius 3 is 2.04 bits per heavy atom. The van der Waals surface area contributed by atoms with Crippen molar-refractivity contribution in [3.8, 4) is 0 Å². The summed E-state index contributed by atoms with van der Waals surface area (Å²) in [6, 6.07) is 3.93. The van der Waals surface area contributed by atoms with Gasteiger partial charge in [0.2, 0.25) is 5.91 Å². The third-order valence-corrected chi connectivity index (χ3v) is 5.76. The monoisotopic (exact) mass is 398 g/mol. The maximum Gasteiger partial charge on any atom is 0.416 e. The molecular formula is C19H25F3N4O2. The lowest BCUT2D eigenvalue weighted by Gasteiger charge is -2.48. The summed E-state index contributed by atoms with van der Waals surface area (Å²) in [4.78, 5) is 28.4. The molecule has 1 aromatic rings. The van der Waals surface area contributed by atoms with E-state index in [-0.39, 0.29) is 5.91 Å². The van der Waals surface area contributed by atoms with E-state index in [2.05, 4.69) is 10.2 Å². The highest BCUT2D eigenvalue weighted by molar-refractivity contribution is 5.90. The zero-order valence-electron chi connectivity index (χ0n) is 15.6. The fourth-order valence-corrected chi connectivity index (χ4v) is 4.07. The second kappa shape index (κ2) is 7.98. The van der Waals surface area contributed by atoms with E-state index in [0.717, 1.165) is 44.5 Å². The molecule has 3 rings (SSSR count). The van der Waals surface area contributed by atoms with Crippen molar-refractivity contribution in [3.05, 3.63) is 29.8 Å². The number of anilines is 1. The number of urea groups is 1. The Morgan fingerprint density at radius 2 is 1.54 bits per heavy atom. The molecule has 9 heteroatoms. The molecule has 1 aromatic carbocycles. The van der Waals surface area contributed by atoms with Gasteiger partial charge < -0.3 is 16.0 Å². The van der Waals surface area contributed by atoms with Crippen LogP contribution in [0.25, 0.3) is 0 Å². The van der Waals surface area contributed by atoms with Crippen LogP contribution in [0.5, 0.6) is 0 Å². The Hall–Kier alpha value is -2.29. The van der Waals surface area contributed by atoms with Gasteiger partial charge in [-0.1, -0.05) is 6.42 Å². The number of hydrogen-bond acceptors (Lipinski definition) is 3. The number of nitrogens with one attached hydrogen (secondary N) is 1. The average Bonchev–Trinajstić information content (AvgIpc) is 2.68. The minimum Gasteiger partial charge on any atom is -0.368 e. The summed E-state index contributed by atoms with van der Waals surface area (Å²) >= 11 is 0. The van der Waals surface area contributed by atoms with Crippen LogP contribution in [0.3, 0.4) is 0 Å². The van der Waals surface area contributed by atoms with E-state index in [0.29, 0.717) is 31.6 Å². The van der Waals surface area contributed by atoms with Gasteiger partial charge in [0, 0.05) is 18.8 Å².